The van der Waals surface area contributed by atoms with Gasteiger partial charge >= 0.3 is 11.9 Å². The Balaban J connectivity index is 0.00000576. The fourth-order valence-electron chi connectivity index (χ4n) is 2.37. The summed E-state index contributed by atoms with van der Waals surface area (Å²) in [4.78, 5) is 25.8. The van der Waals surface area contributed by atoms with E-state index in [0.717, 1.165) is 38.8 Å². The van der Waals surface area contributed by atoms with Crippen molar-refractivity contribution in [1.82, 2.24) is 4.90 Å². The number of esters is 2. The number of hydrogen-bond acceptors (Lipinski definition) is 5. The van der Waals surface area contributed by atoms with E-state index in [0.29, 0.717) is 0 Å². The van der Waals surface area contributed by atoms with E-state index in [4.69, 9.17) is 9.47 Å². The molecule has 0 aliphatic heterocycles. The number of hydrogen-bond donors (Lipinski definition) is 0. The van der Waals surface area contributed by atoms with Gasteiger partial charge in [0.05, 0.1) is 0 Å². The highest BCUT2D eigenvalue weighted by Gasteiger charge is 2.21. The number of benzene rings is 1. The predicted octanol–water partition coefficient (Wildman–Crippen LogP) is 4.44. The van der Waals surface area contributed by atoms with Gasteiger partial charge in [-0.05, 0) is 31.9 Å². The first-order chi connectivity index (χ1) is 11.5. The van der Waals surface area contributed by atoms with Crippen molar-refractivity contribution in [3.63, 3.8) is 0 Å². The summed E-state index contributed by atoms with van der Waals surface area (Å²) in [5, 5.41) is 0. The summed E-state index contributed by atoms with van der Waals surface area (Å²) in [5.74, 6) is -0.705. The van der Waals surface area contributed by atoms with E-state index in [-0.39, 0.29) is 29.9 Å². The molecular weight excluding hydrogens is 342 g/mol. The molecule has 0 aliphatic rings. The summed E-state index contributed by atoms with van der Waals surface area (Å²) in [5.41, 5.74) is 0.269. The number of rotatable bonds is 10. The summed E-state index contributed by atoms with van der Waals surface area (Å²) in [6.07, 6.45) is 4.00. The topological polar surface area (TPSA) is 55.8 Å². The molecule has 142 valence electrons. The van der Waals surface area contributed by atoms with Gasteiger partial charge in [-0.25, -0.2) is 4.79 Å². The second-order valence-electron chi connectivity index (χ2n) is 5.84. The molecule has 0 heterocycles. The lowest BCUT2D eigenvalue weighted by Gasteiger charge is -2.28. The van der Waals surface area contributed by atoms with Gasteiger partial charge < -0.3 is 9.47 Å². The zero-order chi connectivity index (χ0) is 17.9. The van der Waals surface area contributed by atoms with Crippen LogP contribution < -0.4 is 4.74 Å². The molecule has 0 bridgehead atoms. The van der Waals surface area contributed by atoms with Crippen molar-refractivity contribution in [1.29, 1.82) is 0 Å². The van der Waals surface area contributed by atoms with E-state index in [2.05, 4.69) is 18.7 Å². The molecule has 1 aromatic rings. The molecule has 0 aliphatic carbocycles. The molecule has 0 saturated carbocycles. The third-order valence-electron chi connectivity index (χ3n) is 3.75. The highest BCUT2D eigenvalue weighted by atomic mass is 35.5. The molecule has 1 unspecified atom stereocenters. The van der Waals surface area contributed by atoms with Crippen LogP contribution >= 0.6 is 12.4 Å². The van der Waals surface area contributed by atoms with Crippen molar-refractivity contribution in [2.45, 2.75) is 59.6 Å². The average Bonchev–Trinajstić information content (AvgIpc) is 2.54. The Kier molecular flexibility index (Phi) is 11.9. The molecule has 0 aromatic heterocycles. The Morgan fingerprint density at radius 3 is 2.16 bits per heavy atom. The first kappa shape index (κ1) is 23.4. The third kappa shape index (κ3) is 8.36. The number of halogens is 1. The smallest absolute Gasteiger partial charge is 0.343 e. The fourth-order valence-corrected chi connectivity index (χ4v) is 2.37. The molecule has 0 radical (unpaired) electrons. The molecule has 0 N–H and O–H groups in total. The lowest BCUT2D eigenvalue weighted by Crippen LogP contribution is -2.38. The van der Waals surface area contributed by atoms with Crippen molar-refractivity contribution < 1.29 is 19.1 Å². The number of nitrogens with zero attached hydrogens (tertiary/aromatic N) is 1. The van der Waals surface area contributed by atoms with Crippen molar-refractivity contribution in [2.24, 2.45) is 0 Å². The van der Waals surface area contributed by atoms with Crippen LogP contribution in [0, 0.1) is 0 Å². The summed E-state index contributed by atoms with van der Waals surface area (Å²) in [7, 11) is 0. The number of para-hydroxylation sites is 1. The monoisotopic (exact) mass is 371 g/mol. The minimum absolute atomic E-state index is 0. The molecule has 25 heavy (non-hydrogen) atoms. The maximum Gasteiger partial charge on any atom is 0.343 e. The van der Waals surface area contributed by atoms with Crippen molar-refractivity contribution in [2.75, 3.05) is 13.1 Å². The van der Waals surface area contributed by atoms with Crippen LogP contribution in [0.1, 0.15) is 63.7 Å². The normalized spacial score (nSPS) is 11.6. The van der Waals surface area contributed by atoms with Crippen LogP contribution in [0.15, 0.2) is 24.3 Å². The van der Waals surface area contributed by atoms with Gasteiger partial charge in [-0.1, -0.05) is 38.8 Å². The molecule has 1 rings (SSSR count). The van der Waals surface area contributed by atoms with E-state index < -0.39 is 11.9 Å². The number of carbonyl (C=O) groups excluding carboxylic acids is 2. The highest BCUT2D eigenvalue weighted by molar-refractivity contribution is 5.93. The Hall–Kier alpha value is -1.59. The van der Waals surface area contributed by atoms with Crippen LogP contribution in [-0.2, 0) is 9.53 Å². The van der Waals surface area contributed by atoms with Gasteiger partial charge in [-0.2, -0.15) is 0 Å². The van der Waals surface area contributed by atoms with Crippen LogP contribution in [0.3, 0.4) is 0 Å². The second kappa shape index (κ2) is 12.7. The maximum absolute atomic E-state index is 12.5. The summed E-state index contributed by atoms with van der Waals surface area (Å²) >= 11 is 0. The molecule has 0 saturated heterocycles. The summed E-state index contributed by atoms with van der Waals surface area (Å²) < 4.78 is 10.7. The third-order valence-corrected chi connectivity index (χ3v) is 3.75. The molecule has 6 heteroatoms. The van der Waals surface area contributed by atoms with Gasteiger partial charge in [0, 0.05) is 20.0 Å². The number of carbonyl (C=O) groups is 2. The van der Waals surface area contributed by atoms with E-state index in [9.17, 15) is 9.59 Å². The van der Waals surface area contributed by atoms with Crippen LogP contribution in [0.4, 0.5) is 0 Å². The highest BCUT2D eigenvalue weighted by Crippen LogP contribution is 2.20. The molecule has 1 atom stereocenters. The Labute approximate surface area is 157 Å². The van der Waals surface area contributed by atoms with Crippen molar-refractivity contribution in [3.8, 4) is 5.75 Å². The Bertz CT molecular complexity index is 528. The molecule has 5 nitrogen and oxygen atoms in total. The lowest BCUT2D eigenvalue weighted by molar-refractivity contribution is -0.131. The molecule has 0 amide bonds. The maximum atomic E-state index is 12.5. The van der Waals surface area contributed by atoms with E-state index >= 15 is 0 Å². The van der Waals surface area contributed by atoms with Gasteiger partial charge in [0.1, 0.15) is 11.3 Å². The first-order valence-corrected chi connectivity index (χ1v) is 8.72. The first-order valence-electron chi connectivity index (χ1n) is 8.72. The molecule has 1 aromatic carbocycles. The zero-order valence-corrected chi connectivity index (χ0v) is 16.4. The summed E-state index contributed by atoms with van der Waals surface area (Å²) in [6, 6.07) is 6.64. The Morgan fingerprint density at radius 2 is 1.64 bits per heavy atom. The minimum atomic E-state index is -0.475. The second-order valence-corrected chi connectivity index (χ2v) is 5.84. The van der Waals surface area contributed by atoms with Crippen LogP contribution in [0.25, 0.3) is 0 Å². The standard InChI is InChI=1S/C19H29NO4.ClH/c1-5-7-13-20(14-8-6-2)15(3)23-19(22)17-11-9-10-12-18(17)24-16(4)21;/h9-12,15H,5-8,13-14H2,1-4H3;1H. The number of ether oxygens (including phenoxy) is 2. The van der Waals surface area contributed by atoms with Crippen molar-refractivity contribution >= 4 is 24.3 Å². The SMILES string of the molecule is CCCCN(CCCC)C(C)OC(=O)c1ccccc1OC(C)=O.Cl. The Morgan fingerprint density at radius 1 is 1.08 bits per heavy atom. The van der Waals surface area contributed by atoms with Gasteiger partial charge in [0.15, 0.2) is 6.23 Å². The quantitative estimate of drug-likeness (QED) is 0.346. The molecule has 0 fully saturated rings. The van der Waals surface area contributed by atoms with Gasteiger partial charge in [0.25, 0.3) is 0 Å². The van der Waals surface area contributed by atoms with Crippen LogP contribution in [0.2, 0.25) is 0 Å². The zero-order valence-electron chi connectivity index (χ0n) is 15.6. The average molecular weight is 372 g/mol. The predicted molar refractivity (Wildman–Crippen MR) is 101 cm³/mol. The molecule has 0 spiro atoms. The molecular formula is C19H30ClNO4. The van der Waals surface area contributed by atoms with Crippen molar-refractivity contribution in [3.05, 3.63) is 29.8 Å². The lowest BCUT2D eigenvalue weighted by atomic mass is 10.2. The minimum Gasteiger partial charge on any atom is -0.443 e. The summed E-state index contributed by atoms with van der Waals surface area (Å²) in [6.45, 7) is 9.28. The van der Waals surface area contributed by atoms with Crippen LogP contribution in [0.5, 0.6) is 5.75 Å². The van der Waals surface area contributed by atoms with Gasteiger partial charge in [0.2, 0.25) is 0 Å². The van der Waals surface area contributed by atoms with E-state index in [1.165, 1.54) is 6.92 Å². The van der Waals surface area contributed by atoms with Gasteiger partial charge in [-0.15, -0.1) is 12.4 Å². The number of unbranched alkanes of at least 4 members (excludes halogenated alkanes) is 2. The van der Waals surface area contributed by atoms with E-state index in [1.54, 1.807) is 24.3 Å². The van der Waals surface area contributed by atoms with Gasteiger partial charge in [-0.3, -0.25) is 9.69 Å². The van der Waals surface area contributed by atoms with Crippen LogP contribution in [-0.4, -0.2) is 36.2 Å². The van der Waals surface area contributed by atoms with E-state index in [1.807, 2.05) is 6.92 Å². The largest absolute Gasteiger partial charge is 0.443 e. The fraction of sp³-hybridized carbons (Fsp3) is 0.579.